The van der Waals surface area contributed by atoms with Crippen LogP contribution in [0.3, 0.4) is 0 Å². The number of unbranched alkanes of at least 4 members (excludes halogenated alkanes) is 8. The quantitative estimate of drug-likeness (QED) is 0.389. The molecule has 0 saturated carbocycles. The van der Waals surface area contributed by atoms with Crippen LogP contribution in [0.15, 0.2) is 18.2 Å². The van der Waals surface area contributed by atoms with Gasteiger partial charge in [-0.3, -0.25) is 0 Å². The summed E-state index contributed by atoms with van der Waals surface area (Å²) in [4.78, 5) is 11.2. The minimum atomic E-state index is -0.945. The number of carboxylic acid groups (broad SMARTS) is 1. The fraction of sp³-hybridized carbons (Fsp3) is 0.667. The molecule has 0 fully saturated rings. The van der Waals surface area contributed by atoms with Crippen molar-refractivity contribution in [2.45, 2.75) is 78.1 Å². The van der Waals surface area contributed by atoms with Gasteiger partial charge in [0.2, 0.25) is 0 Å². The minimum absolute atomic E-state index is 0.233. The minimum Gasteiger partial charge on any atom is -0.490 e. The molecule has 0 heterocycles. The standard InChI is InChI=1S/C21H34O4/c1-3-5-7-9-11-15-24-19-14-13-18(21(22)23)17-20(19)25-16-12-10-8-6-4-2/h13-14,17H,3-12,15-16H2,1-2H3,(H,22,23). The number of carbonyl (C=O) groups is 1. The van der Waals surface area contributed by atoms with E-state index in [1.807, 2.05) is 0 Å². The number of rotatable bonds is 15. The van der Waals surface area contributed by atoms with Crippen molar-refractivity contribution in [2.75, 3.05) is 13.2 Å². The van der Waals surface area contributed by atoms with Crippen LogP contribution >= 0.6 is 0 Å². The van der Waals surface area contributed by atoms with Crippen LogP contribution in [0.5, 0.6) is 11.5 Å². The van der Waals surface area contributed by atoms with E-state index in [9.17, 15) is 4.79 Å². The fourth-order valence-electron chi connectivity index (χ4n) is 2.65. The third-order valence-corrected chi connectivity index (χ3v) is 4.20. The highest BCUT2D eigenvalue weighted by Crippen LogP contribution is 2.29. The molecule has 0 bridgehead atoms. The molecule has 0 aliphatic rings. The monoisotopic (exact) mass is 350 g/mol. The molecule has 4 nitrogen and oxygen atoms in total. The summed E-state index contributed by atoms with van der Waals surface area (Å²) in [6, 6.07) is 4.85. The zero-order valence-electron chi connectivity index (χ0n) is 15.9. The van der Waals surface area contributed by atoms with Gasteiger partial charge in [-0.25, -0.2) is 4.79 Å². The Morgan fingerprint density at radius 2 is 1.32 bits per heavy atom. The molecule has 4 heteroatoms. The van der Waals surface area contributed by atoms with Gasteiger partial charge in [0.15, 0.2) is 11.5 Å². The summed E-state index contributed by atoms with van der Waals surface area (Å²) in [5.74, 6) is 0.247. The van der Waals surface area contributed by atoms with E-state index in [0.717, 1.165) is 25.7 Å². The van der Waals surface area contributed by atoms with E-state index >= 15 is 0 Å². The van der Waals surface area contributed by atoms with Crippen LogP contribution in [0, 0.1) is 0 Å². The summed E-state index contributed by atoms with van der Waals surface area (Å²) in [7, 11) is 0. The maximum atomic E-state index is 11.2. The predicted octanol–water partition coefficient (Wildman–Crippen LogP) is 6.08. The largest absolute Gasteiger partial charge is 0.490 e. The van der Waals surface area contributed by atoms with E-state index in [0.29, 0.717) is 24.7 Å². The Hall–Kier alpha value is -1.71. The molecule has 0 radical (unpaired) electrons. The smallest absolute Gasteiger partial charge is 0.335 e. The van der Waals surface area contributed by atoms with Crippen molar-refractivity contribution in [3.63, 3.8) is 0 Å². The van der Waals surface area contributed by atoms with Crippen LogP contribution in [0.25, 0.3) is 0 Å². The first-order chi connectivity index (χ1) is 12.2. The second kappa shape index (κ2) is 13.6. The van der Waals surface area contributed by atoms with E-state index < -0.39 is 5.97 Å². The summed E-state index contributed by atoms with van der Waals surface area (Å²) in [5.41, 5.74) is 0.233. The summed E-state index contributed by atoms with van der Waals surface area (Å²) in [5, 5.41) is 9.17. The zero-order chi connectivity index (χ0) is 18.3. The van der Waals surface area contributed by atoms with Gasteiger partial charge in [0, 0.05) is 0 Å². The molecule has 0 aromatic heterocycles. The maximum Gasteiger partial charge on any atom is 0.335 e. The molecule has 0 saturated heterocycles. The van der Waals surface area contributed by atoms with Crippen molar-refractivity contribution in [1.29, 1.82) is 0 Å². The van der Waals surface area contributed by atoms with Gasteiger partial charge >= 0.3 is 5.97 Å². The molecule has 1 aromatic carbocycles. The second-order valence-corrected chi connectivity index (χ2v) is 6.49. The van der Waals surface area contributed by atoms with E-state index in [-0.39, 0.29) is 5.56 Å². The van der Waals surface area contributed by atoms with Crippen molar-refractivity contribution in [3.8, 4) is 11.5 Å². The van der Waals surface area contributed by atoms with E-state index in [2.05, 4.69) is 13.8 Å². The number of hydrogen-bond donors (Lipinski definition) is 1. The lowest BCUT2D eigenvalue weighted by atomic mass is 10.1. The number of carboxylic acids is 1. The van der Waals surface area contributed by atoms with Crippen molar-refractivity contribution >= 4 is 5.97 Å². The van der Waals surface area contributed by atoms with Gasteiger partial charge in [-0.05, 0) is 31.0 Å². The molecule has 25 heavy (non-hydrogen) atoms. The summed E-state index contributed by atoms with van der Waals surface area (Å²) < 4.78 is 11.6. The molecule has 0 spiro atoms. The van der Waals surface area contributed by atoms with Gasteiger partial charge in [0.05, 0.1) is 18.8 Å². The fourth-order valence-corrected chi connectivity index (χ4v) is 2.65. The molecule has 1 N–H and O–H groups in total. The predicted molar refractivity (Wildman–Crippen MR) is 102 cm³/mol. The lowest BCUT2D eigenvalue weighted by molar-refractivity contribution is 0.0696. The van der Waals surface area contributed by atoms with Gasteiger partial charge < -0.3 is 14.6 Å². The van der Waals surface area contributed by atoms with Crippen LogP contribution in [0.1, 0.15) is 88.4 Å². The Bertz CT molecular complexity index is 485. The Morgan fingerprint density at radius 3 is 1.84 bits per heavy atom. The van der Waals surface area contributed by atoms with Crippen molar-refractivity contribution < 1.29 is 19.4 Å². The molecule has 142 valence electrons. The van der Waals surface area contributed by atoms with Gasteiger partial charge in [-0.1, -0.05) is 65.2 Å². The highest BCUT2D eigenvalue weighted by Gasteiger charge is 2.11. The first-order valence-corrected chi connectivity index (χ1v) is 9.82. The van der Waals surface area contributed by atoms with Crippen LogP contribution in [0.4, 0.5) is 0 Å². The van der Waals surface area contributed by atoms with Gasteiger partial charge in [0.1, 0.15) is 0 Å². The molecular formula is C21H34O4. The highest BCUT2D eigenvalue weighted by atomic mass is 16.5. The van der Waals surface area contributed by atoms with Crippen LogP contribution in [-0.2, 0) is 0 Å². The molecule has 0 unspecified atom stereocenters. The number of aromatic carboxylic acids is 1. The zero-order valence-corrected chi connectivity index (χ0v) is 15.9. The molecule has 1 rings (SSSR count). The average Bonchev–Trinajstić information content (AvgIpc) is 2.61. The highest BCUT2D eigenvalue weighted by molar-refractivity contribution is 5.88. The lowest BCUT2D eigenvalue weighted by Gasteiger charge is -2.13. The average molecular weight is 350 g/mol. The van der Waals surface area contributed by atoms with Gasteiger partial charge in [-0.15, -0.1) is 0 Å². The van der Waals surface area contributed by atoms with Gasteiger partial charge in [0.25, 0.3) is 0 Å². The first-order valence-electron chi connectivity index (χ1n) is 9.82. The number of ether oxygens (including phenoxy) is 2. The second-order valence-electron chi connectivity index (χ2n) is 6.49. The van der Waals surface area contributed by atoms with E-state index in [4.69, 9.17) is 14.6 Å². The Labute approximate surface area is 152 Å². The van der Waals surface area contributed by atoms with Crippen molar-refractivity contribution in [2.24, 2.45) is 0 Å². The SMILES string of the molecule is CCCCCCCOc1ccc(C(=O)O)cc1OCCCCCCC. The Balaban J connectivity index is 2.49. The lowest BCUT2D eigenvalue weighted by Crippen LogP contribution is -2.05. The summed E-state index contributed by atoms with van der Waals surface area (Å²) in [6.45, 7) is 5.63. The van der Waals surface area contributed by atoms with Crippen molar-refractivity contribution in [1.82, 2.24) is 0 Å². The molecule has 0 aliphatic carbocycles. The molecule has 0 atom stereocenters. The molecular weight excluding hydrogens is 316 g/mol. The van der Waals surface area contributed by atoms with Crippen LogP contribution < -0.4 is 9.47 Å². The number of benzene rings is 1. The van der Waals surface area contributed by atoms with E-state index in [1.54, 1.807) is 18.2 Å². The maximum absolute atomic E-state index is 11.2. The summed E-state index contributed by atoms with van der Waals surface area (Å²) >= 11 is 0. The van der Waals surface area contributed by atoms with Crippen LogP contribution in [0.2, 0.25) is 0 Å². The van der Waals surface area contributed by atoms with Crippen LogP contribution in [-0.4, -0.2) is 24.3 Å². The molecule has 0 aliphatic heterocycles. The summed E-state index contributed by atoms with van der Waals surface area (Å²) in [6.07, 6.45) is 11.7. The van der Waals surface area contributed by atoms with E-state index in [1.165, 1.54) is 38.5 Å². The third-order valence-electron chi connectivity index (χ3n) is 4.20. The van der Waals surface area contributed by atoms with Crippen molar-refractivity contribution in [3.05, 3.63) is 23.8 Å². The normalized spacial score (nSPS) is 10.6. The number of hydrogen-bond acceptors (Lipinski definition) is 3. The third kappa shape index (κ3) is 9.37. The molecule has 1 aromatic rings. The Kier molecular flexibility index (Phi) is 11.6. The Morgan fingerprint density at radius 1 is 0.800 bits per heavy atom. The first kappa shape index (κ1) is 21.3. The topological polar surface area (TPSA) is 55.8 Å². The van der Waals surface area contributed by atoms with Gasteiger partial charge in [-0.2, -0.15) is 0 Å². The molecule has 0 amide bonds.